The van der Waals surface area contributed by atoms with Crippen molar-refractivity contribution in [1.82, 2.24) is 0 Å². The minimum atomic E-state index is -0.678. The van der Waals surface area contributed by atoms with E-state index in [1.54, 1.807) is 0 Å². The lowest BCUT2D eigenvalue weighted by Crippen LogP contribution is -2.41. The Bertz CT molecular complexity index is 2390. The maximum atomic E-state index is 6.40. The maximum absolute atomic E-state index is 6.40. The molecule has 0 N–H and O–H groups in total. The highest BCUT2D eigenvalue weighted by Crippen LogP contribution is 2.38. The van der Waals surface area contributed by atoms with Gasteiger partial charge in [-0.2, -0.15) is 0 Å². The van der Waals surface area contributed by atoms with Gasteiger partial charge in [0.25, 0.3) is 0 Å². The molecule has 0 aliphatic carbocycles. The molecule has 0 saturated carbocycles. The zero-order valence-corrected chi connectivity index (χ0v) is 33.6. The van der Waals surface area contributed by atoms with Gasteiger partial charge in [-0.25, -0.2) is 0 Å². The Morgan fingerprint density at radius 1 is 0.397 bits per heavy atom. The molecule has 8 aromatic rings. The predicted octanol–water partition coefficient (Wildman–Crippen LogP) is 9.85. The zero-order valence-electron chi connectivity index (χ0n) is 33.6. The Morgan fingerprint density at radius 3 is 1.17 bits per heavy atom. The van der Waals surface area contributed by atoms with Crippen molar-refractivity contribution in [3.8, 4) is 0 Å². The number of hydrogen-bond acceptors (Lipinski definition) is 8. The highest BCUT2D eigenvalue weighted by Gasteiger charge is 2.28. The molecule has 8 heteroatoms. The van der Waals surface area contributed by atoms with Crippen molar-refractivity contribution in [2.24, 2.45) is 0 Å². The molecule has 58 heavy (non-hydrogen) atoms. The van der Waals surface area contributed by atoms with Crippen LogP contribution in [0.3, 0.4) is 0 Å². The lowest BCUT2D eigenvalue weighted by atomic mass is 9.92. The Labute approximate surface area is 339 Å². The molecule has 1 fully saturated rings. The lowest BCUT2D eigenvalue weighted by molar-refractivity contribution is -0.154. The van der Waals surface area contributed by atoms with E-state index in [2.05, 4.69) is 109 Å². The van der Waals surface area contributed by atoms with Gasteiger partial charge in [0.2, 0.25) is 0 Å². The van der Waals surface area contributed by atoms with E-state index in [4.69, 9.17) is 37.9 Å². The first-order chi connectivity index (χ1) is 28.5. The van der Waals surface area contributed by atoms with Crippen LogP contribution >= 0.6 is 0 Å². The summed E-state index contributed by atoms with van der Waals surface area (Å²) in [5.41, 5.74) is 0.949. The molecule has 300 valence electrons. The van der Waals surface area contributed by atoms with E-state index in [1.807, 2.05) is 13.8 Å². The number of benzene rings is 8. The third-order valence-corrected chi connectivity index (χ3v) is 11.5. The number of rotatable bonds is 8. The number of ether oxygens (including phenoxy) is 8. The van der Waals surface area contributed by atoms with Crippen molar-refractivity contribution in [3.63, 3.8) is 0 Å². The first kappa shape index (κ1) is 39.0. The molecule has 0 amide bonds. The van der Waals surface area contributed by atoms with Crippen molar-refractivity contribution >= 4 is 64.6 Å². The van der Waals surface area contributed by atoms with E-state index < -0.39 is 11.2 Å². The minimum absolute atomic E-state index is 0.361. The van der Waals surface area contributed by atoms with Crippen molar-refractivity contribution < 1.29 is 37.9 Å². The van der Waals surface area contributed by atoms with Crippen molar-refractivity contribution in [2.45, 2.75) is 38.3 Å². The third kappa shape index (κ3) is 8.35. The molecule has 9 rings (SSSR count). The quantitative estimate of drug-likeness (QED) is 0.141. The summed E-state index contributed by atoms with van der Waals surface area (Å²) in [7, 11) is 0. The van der Waals surface area contributed by atoms with Gasteiger partial charge in [-0.3, -0.25) is 0 Å². The Kier molecular flexibility index (Phi) is 11.7. The Balaban J connectivity index is 0.792. The highest BCUT2D eigenvalue weighted by molar-refractivity contribution is 6.24. The molecule has 0 bridgehead atoms. The van der Waals surface area contributed by atoms with E-state index in [0.717, 1.165) is 11.1 Å². The molecular formula is C50H52O8. The van der Waals surface area contributed by atoms with E-state index in [1.165, 1.54) is 64.6 Å². The summed E-state index contributed by atoms with van der Waals surface area (Å²) in [4.78, 5) is 0. The standard InChI is InChI=1S/C50H52O8/c1-49(33-55-29-41-15-13-39-11-9-35-5-3-7-37-17-19-43(41)47(39)45(35)37)31-53-23-21-51-22-24-54-32-50(2,58-28-26-52-25-27-57-49)34-56-30-42-16-14-40-12-10-36-6-4-8-38-18-20-44(42)48(40)46(36)38/h3-20H,21-34H2,1-2H3/t49-,50-/m0/s1. The van der Waals surface area contributed by atoms with Gasteiger partial charge >= 0.3 is 0 Å². The molecule has 1 aliphatic heterocycles. The molecule has 0 unspecified atom stereocenters. The largest absolute Gasteiger partial charge is 0.377 e. The van der Waals surface area contributed by atoms with Crippen molar-refractivity contribution in [1.29, 1.82) is 0 Å². The fourth-order valence-corrected chi connectivity index (χ4v) is 8.56. The second-order valence-electron chi connectivity index (χ2n) is 16.1. The van der Waals surface area contributed by atoms with Crippen molar-refractivity contribution in [2.75, 3.05) is 79.3 Å². The Hall–Kier alpha value is -4.48. The van der Waals surface area contributed by atoms with Crippen LogP contribution in [0.5, 0.6) is 0 Å². The smallest absolute Gasteiger partial charge is 0.112 e. The van der Waals surface area contributed by atoms with Gasteiger partial charge in [0.1, 0.15) is 11.2 Å². The van der Waals surface area contributed by atoms with Crippen LogP contribution in [0.1, 0.15) is 25.0 Å². The maximum Gasteiger partial charge on any atom is 0.112 e. The average Bonchev–Trinajstić information content (AvgIpc) is 3.24. The second-order valence-corrected chi connectivity index (χ2v) is 16.1. The first-order valence-electron chi connectivity index (χ1n) is 20.5. The summed E-state index contributed by atoms with van der Waals surface area (Å²) < 4.78 is 49.6. The van der Waals surface area contributed by atoms with Crippen LogP contribution < -0.4 is 0 Å². The summed E-state index contributed by atoms with van der Waals surface area (Å²) in [6, 6.07) is 39.4. The summed E-state index contributed by atoms with van der Waals surface area (Å²) in [6.07, 6.45) is 0. The van der Waals surface area contributed by atoms with Gasteiger partial charge in [-0.15, -0.1) is 0 Å². The SMILES string of the molecule is C[C@@]1(COCc2ccc3ccc4cccc5ccc2c3c45)COCCOCCOC[C@@](C)(COCc2ccc3ccc4cccc5ccc2c3c45)OCCOCCO1. The van der Waals surface area contributed by atoms with Crippen LogP contribution in [0.15, 0.2) is 109 Å². The third-order valence-electron chi connectivity index (χ3n) is 11.5. The van der Waals surface area contributed by atoms with Gasteiger partial charge in [0.05, 0.1) is 92.5 Å². The van der Waals surface area contributed by atoms with Crippen LogP contribution in [-0.4, -0.2) is 90.5 Å². The first-order valence-corrected chi connectivity index (χ1v) is 20.5. The summed E-state index contributed by atoms with van der Waals surface area (Å²) in [6.45, 7) is 9.80. The summed E-state index contributed by atoms with van der Waals surface area (Å²) in [5, 5.41) is 15.1. The topological polar surface area (TPSA) is 73.8 Å². The molecule has 0 radical (unpaired) electrons. The fraction of sp³-hybridized carbons (Fsp3) is 0.360. The lowest BCUT2D eigenvalue weighted by Gasteiger charge is -2.31. The van der Waals surface area contributed by atoms with Crippen LogP contribution in [0.25, 0.3) is 64.6 Å². The van der Waals surface area contributed by atoms with Crippen molar-refractivity contribution in [3.05, 3.63) is 120 Å². The van der Waals surface area contributed by atoms with E-state index >= 15 is 0 Å². The van der Waals surface area contributed by atoms with Gasteiger partial charge in [0.15, 0.2) is 0 Å². The second kappa shape index (κ2) is 17.4. The molecule has 1 heterocycles. The van der Waals surface area contributed by atoms with Gasteiger partial charge < -0.3 is 37.9 Å². The van der Waals surface area contributed by atoms with Gasteiger partial charge in [0, 0.05) is 0 Å². The molecule has 2 atom stereocenters. The Morgan fingerprint density at radius 2 is 0.741 bits per heavy atom. The summed E-state index contributed by atoms with van der Waals surface area (Å²) >= 11 is 0. The van der Waals surface area contributed by atoms with Crippen LogP contribution in [-0.2, 0) is 51.1 Å². The fourth-order valence-electron chi connectivity index (χ4n) is 8.56. The monoisotopic (exact) mass is 780 g/mol. The normalized spacial score (nSPS) is 21.4. The van der Waals surface area contributed by atoms with E-state index in [9.17, 15) is 0 Å². The predicted molar refractivity (Wildman–Crippen MR) is 232 cm³/mol. The summed E-state index contributed by atoms with van der Waals surface area (Å²) in [5.74, 6) is 0. The molecular weight excluding hydrogens is 729 g/mol. The van der Waals surface area contributed by atoms with Crippen LogP contribution in [0.4, 0.5) is 0 Å². The van der Waals surface area contributed by atoms with Crippen LogP contribution in [0.2, 0.25) is 0 Å². The van der Waals surface area contributed by atoms with Crippen LogP contribution in [0, 0.1) is 0 Å². The minimum Gasteiger partial charge on any atom is -0.377 e. The van der Waals surface area contributed by atoms with E-state index in [0.29, 0.717) is 92.5 Å². The average molecular weight is 781 g/mol. The molecule has 1 saturated heterocycles. The number of hydrogen-bond donors (Lipinski definition) is 0. The van der Waals surface area contributed by atoms with Gasteiger partial charge in [-0.05, 0) is 89.6 Å². The van der Waals surface area contributed by atoms with E-state index in [-0.39, 0.29) is 0 Å². The molecule has 8 aromatic carbocycles. The molecule has 8 nitrogen and oxygen atoms in total. The molecule has 0 aromatic heterocycles. The highest BCUT2D eigenvalue weighted by atomic mass is 16.6. The zero-order chi connectivity index (χ0) is 39.4. The molecule has 1 aliphatic rings. The molecule has 0 spiro atoms. The van der Waals surface area contributed by atoms with Gasteiger partial charge in [-0.1, -0.05) is 109 Å².